The van der Waals surface area contributed by atoms with E-state index in [1.165, 1.54) is 21.5 Å². The maximum absolute atomic E-state index is 12.5. The van der Waals surface area contributed by atoms with E-state index in [1.54, 1.807) is 14.1 Å². The van der Waals surface area contributed by atoms with E-state index in [-0.39, 0.29) is 5.92 Å². The molecule has 1 fully saturated rings. The lowest BCUT2D eigenvalue weighted by Gasteiger charge is -2.33. The van der Waals surface area contributed by atoms with Gasteiger partial charge in [-0.3, -0.25) is 0 Å². The molecular weight excluding hydrogens is 316 g/mol. The number of aromatic nitrogens is 2. The fourth-order valence-corrected chi connectivity index (χ4v) is 4.23. The second-order valence-corrected chi connectivity index (χ2v) is 8.75. The van der Waals surface area contributed by atoms with E-state index in [0.717, 1.165) is 23.9 Å². The van der Waals surface area contributed by atoms with E-state index < -0.39 is 10.2 Å². The molecule has 3 rings (SSSR count). The molecule has 0 aromatic carbocycles. The van der Waals surface area contributed by atoms with Crippen molar-refractivity contribution in [3.63, 3.8) is 0 Å². The number of fused-ring (bicyclic) bond motifs is 1. The molecule has 130 valence electrons. The summed E-state index contributed by atoms with van der Waals surface area (Å²) in [5.74, 6) is 0.791. The molecule has 7 nitrogen and oxygen atoms in total. The first-order chi connectivity index (χ1) is 10.9. The quantitative estimate of drug-likeness (QED) is 0.742. The molecule has 0 radical (unpaired) electrons. The third kappa shape index (κ3) is 3.45. The Balaban J connectivity index is 1.88. The first kappa shape index (κ1) is 16.9. The van der Waals surface area contributed by atoms with Gasteiger partial charge >= 0.3 is 0 Å². The summed E-state index contributed by atoms with van der Waals surface area (Å²) in [5.41, 5.74) is 2.03. The van der Waals surface area contributed by atoms with Crippen LogP contribution >= 0.6 is 0 Å². The second-order valence-electron chi connectivity index (χ2n) is 6.61. The molecule has 2 aliphatic rings. The molecule has 0 unspecified atom stereocenters. The molecule has 1 aromatic rings. The number of hydrogen-bond donors (Lipinski definition) is 0. The number of hydrogen-bond acceptors (Lipinski definition) is 4. The summed E-state index contributed by atoms with van der Waals surface area (Å²) in [6.45, 7) is 4.90. The van der Waals surface area contributed by atoms with E-state index in [2.05, 4.69) is 9.55 Å². The Bertz CT molecular complexity index is 652. The summed E-state index contributed by atoms with van der Waals surface area (Å²) < 4.78 is 35.6. The molecule has 1 aliphatic heterocycles. The molecule has 1 aromatic heterocycles. The Hall–Kier alpha value is -0.960. The molecule has 1 saturated carbocycles. The van der Waals surface area contributed by atoms with Gasteiger partial charge in [-0.05, 0) is 25.7 Å². The predicted octanol–water partition coefficient (Wildman–Crippen LogP) is 1.04. The third-order valence-electron chi connectivity index (χ3n) is 4.56. The van der Waals surface area contributed by atoms with Gasteiger partial charge in [-0.2, -0.15) is 17.0 Å². The SMILES string of the molecule is CCOC[C@@H]1CN(S(=O)(=O)N(C)C)Cc2ncn(CC3CC3)c21. The highest BCUT2D eigenvalue weighted by molar-refractivity contribution is 7.86. The van der Waals surface area contributed by atoms with Crippen molar-refractivity contribution in [3.8, 4) is 0 Å². The van der Waals surface area contributed by atoms with Gasteiger partial charge in [0, 0.05) is 45.4 Å². The van der Waals surface area contributed by atoms with E-state index in [1.807, 2.05) is 13.3 Å². The minimum absolute atomic E-state index is 0.0367. The summed E-state index contributed by atoms with van der Waals surface area (Å²) >= 11 is 0. The highest BCUT2D eigenvalue weighted by Gasteiger charge is 2.37. The van der Waals surface area contributed by atoms with Crippen molar-refractivity contribution in [2.75, 3.05) is 33.9 Å². The van der Waals surface area contributed by atoms with Gasteiger partial charge in [0.15, 0.2) is 0 Å². The van der Waals surface area contributed by atoms with Crippen molar-refractivity contribution < 1.29 is 13.2 Å². The lowest BCUT2D eigenvalue weighted by atomic mass is 10.0. The van der Waals surface area contributed by atoms with Gasteiger partial charge in [0.1, 0.15) is 0 Å². The Labute approximate surface area is 138 Å². The highest BCUT2D eigenvalue weighted by Crippen LogP contribution is 2.35. The highest BCUT2D eigenvalue weighted by atomic mass is 32.2. The number of nitrogens with zero attached hydrogens (tertiary/aromatic N) is 4. The smallest absolute Gasteiger partial charge is 0.281 e. The van der Waals surface area contributed by atoms with Crippen molar-refractivity contribution in [2.45, 2.75) is 38.8 Å². The van der Waals surface area contributed by atoms with Crippen LogP contribution < -0.4 is 0 Å². The van der Waals surface area contributed by atoms with Crippen LogP contribution in [0, 0.1) is 5.92 Å². The fraction of sp³-hybridized carbons (Fsp3) is 0.800. The molecule has 0 amide bonds. The zero-order valence-corrected chi connectivity index (χ0v) is 14.9. The van der Waals surface area contributed by atoms with Crippen molar-refractivity contribution in [3.05, 3.63) is 17.7 Å². The minimum atomic E-state index is -3.44. The van der Waals surface area contributed by atoms with Gasteiger partial charge in [0.25, 0.3) is 10.2 Å². The van der Waals surface area contributed by atoms with Crippen molar-refractivity contribution in [1.82, 2.24) is 18.2 Å². The van der Waals surface area contributed by atoms with Crippen LogP contribution in [-0.4, -0.2) is 60.4 Å². The van der Waals surface area contributed by atoms with Crippen LogP contribution in [0.25, 0.3) is 0 Å². The molecular formula is C15H26N4O3S. The van der Waals surface area contributed by atoms with Crippen LogP contribution in [0.5, 0.6) is 0 Å². The molecule has 0 saturated heterocycles. The molecule has 1 aliphatic carbocycles. The predicted molar refractivity (Wildman–Crippen MR) is 87.2 cm³/mol. The maximum Gasteiger partial charge on any atom is 0.281 e. The second kappa shape index (κ2) is 6.51. The summed E-state index contributed by atoms with van der Waals surface area (Å²) in [4.78, 5) is 4.50. The van der Waals surface area contributed by atoms with Crippen LogP contribution in [0.4, 0.5) is 0 Å². The normalized spacial score (nSPS) is 22.5. The van der Waals surface area contributed by atoms with Crippen LogP contribution in [-0.2, 0) is 28.0 Å². The van der Waals surface area contributed by atoms with Gasteiger partial charge in [-0.15, -0.1) is 0 Å². The first-order valence-electron chi connectivity index (χ1n) is 8.22. The van der Waals surface area contributed by atoms with Gasteiger partial charge in [0.2, 0.25) is 0 Å². The van der Waals surface area contributed by atoms with Gasteiger partial charge in [-0.1, -0.05) is 0 Å². The number of rotatable bonds is 7. The van der Waals surface area contributed by atoms with Crippen LogP contribution in [0.2, 0.25) is 0 Å². The first-order valence-corrected chi connectivity index (χ1v) is 9.62. The number of ether oxygens (including phenoxy) is 1. The topological polar surface area (TPSA) is 67.7 Å². The summed E-state index contributed by atoms with van der Waals surface area (Å²) in [5, 5.41) is 0. The largest absolute Gasteiger partial charge is 0.381 e. The molecule has 2 heterocycles. The Morgan fingerprint density at radius 3 is 2.74 bits per heavy atom. The fourth-order valence-electron chi connectivity index (χ4n) is 3.11. The molecule has 8 heteroatoms. The number of imidazole rings is 1. The van der Waals surface area contributed by atoms with Crippen LogP contribution in [0.1, 0.15) is 37.1 Å². The van der Waals surface area contributed by atoms with Crippen molar-refractivity contribution in [1.29, 1.82) is 0 Å². The Morgan fingerprint density at radius 1 is 1.39 bits per heavy atom. The van der Waals surface area contributed by atoms with Gasteiger partial charge in [0.05, 0.1) is 25.2 Å². The molecule has 0 N–H and O–H groups in total. The lowest BCUT2D eigenvalue weighted by molar-refractivity contribution is 0.118. The molecule has 23 heavy (non-hydrogen) atoms. The van der Waals surface area contributed by atoms with E-state index in [4.69, 9.17) is 4.74 Å². The van der Waals surface area contributed by atoms with Crippen LogP contribution in [0.15, 0.2) is 6.33 Å². The summed E-state index contributed by atoms with van der Waals surface area (Å²) in [6.07, 6.45) is 4.43. The monoisotopic (exact) mass is 342 g/mol. The summed E-state index contributed by atoms with van der Waals surface area (Å²) in [6, 6.07) is 0. The maximum atomic E-state index is 12.5. The Kier molecular flexibility index (Phi) is 4.78. The third-order valence-corrected chi connectivity index (χ3v) is 6.41. The standard InChI is InChI=1S/C15H26N4O3S/c1-4-22-10-13-8-19(23(20,21)17(2)3)9-14-15(13)18(11-16-14)7-12-5-6-12/h11-13H,4-10H2,1-3H3/t13-/m0/s1. The van der Waals surface area contributed by atoms with Gasteiger partial charge < -0.3 is 9.30 Å². The Morgan fingerprint density at radius 2 is 2.13 bits per heavy atom. The molecule has 0 bridgehead atoms. The average Bonchev–Trinajstić information content (AvgIpc) is 3.23. The molecule has 1 atom stereocenters. The van der Waals surface area contributed by atoms with E-state index in [9.17, 15) is 8.42 Å². The average molecular weight is 342 g/mol. The van der Waals surface area contributed by atoms with Crippen molar-refractivity contribution >= 4 is 10.2 Å². The molecule has 0 spiro atoms. The minimum Gasteiger partial charge on any atom is -0.381 e. The summed E-state index contributed by atoms with van der Waals surface area (Å²) in [7, 11) is -0.313. The van der Waals surface area contributed by atoms with E-state index >= 15 is 0 Å². The van der Waals surface area contributed by atoms with Crippen molar-refractivity contribution in [2.24, 2.45) is 5.92 Å². The van der Waals surface area contributed by atoms with Crippen LogP contribution in [0.3, 0.4) is 0 Å². The zero-order chi connectivity index (χ0) is 16.6. The lowest BCUT2D eigenvalue weighted by Crippen LogP contribution is -2.45. The van der Waals surface area contributed by atoms with Gasteiger partial charge in [-0.25, -0.2) is 4.98 Å². The zero-order valence-electron chi connectivity index (χ0n) is 14.1. The van der Waals surface area contributed by atoms with E-state index in [0.29, 0.717) is 26.3 Å².